The highest BCUT2D eigenvalue weighted by molar-refractivity contribution is 5.88. The van der Waals surface area contributed by atoms with E-state index in [1.54, 1.807) is 7.11 Å². The van der Waals surface area contributed by atoms with E-state index in [9.17, 15) is 14.7 Å². The average molecular weight is 347 g/mol. The zero-order valence-corrected chi connectivity index (χ0v) is 14.5. The zero-order valence-electron chi connectivity index (χ0n) is 14.5. The normalized spacial score (nSPS) is 22.0. The number of benzene rings is 1. The summed E-state index contributed by atoms with van der Waals surface area (Å²) in [6, 6.07) is 5.53. The smallest absolute Gasteiger partial charge is 0.329 e. The number of methoxy groups -OCH3 is 1. The molecule has 1 saturated carbocycles. The SMILES string of the molecule is COc1ccc2c(c1)CC(C(=O)NC1(C(=O)O)CCCCCC1)CO2. The van der Waals surface area contributed by atoms with Crippen LogP contribution in [-0.2, 0) is 16.0 Å². The van der Waals surface area contributed by atoms with Crippen LogP contribution in [0.5, 0.6) is 11.5 Å². The molecular weight excluding hydrogens is 322 g/mol. The van der Waals surface area contributed by atoms with Gasteiger partial charge in [0.25, 0.3) is 0 Å². The predicted octanol–water partition coefficient (Wildman–Crippen LogP) is 2.54. The second kappa shape index (κ2) is 7.33. The van der Waals surface area contributed by atoms with Gasteiger partial charge in [0, 0.05) is 0 Å². The van der Waals surface area contributed by atoms with Crippen LogP contribution in [0.15, 0.2) is 18.2 Å². The molecule has 0 radical (unpaired) electrons. The number of carbonyl (C=O) groups excluding carboxylic acids is 1. The molecule has 2 N–H and O–H groups in total. The topological polar surface area (TPSA) is 84.9 Å². The van der Waals surface area contributed by atoms with E-state index >= 15 is 0 Å². The maximum absolute atomic E-state index is 12.8. The van der Waals surface area contributed by atoms with Crippen molar-refractivity contribution in [3.8, 4) is 11.5 Å². The molecule has 1 heterocycles. The van der Waals surface area contributed by atoms with Gasteiger partial charge >= 0.3 is 5.97 Å². The minimum absolute atomic E-state index is 0.238. The number of carbonyl (C=O) groups is 2. The summed E-state index contributed by atoms with van der Waals surface area (Å²) < 4.78 is 10.9. The molecule has 6 nitrogen and oxygen atoms in total. The summed E-state index contributed by atoms with van der Waals surface area (Å²) in [5, 5.41) is 12.6. The maximum Gasteiger partial charge on any atom is 0.329 e. The van der Waals surface area contributed by atoms with E-state index in [0.717, 1.165) is 37.0 Å². The van der Waals surface area contributed by atoms with E-state index in [1.807, 2.05) is 18.2 Å². The van der Waals surface area contributed by atoms with E-state index in [0.29, 0.717) is 25.0 Å². The minimum atomic E-state index is -1.14. The first-order valence-corrected chi connectivity index (χ1v) is 8.89. The van der Waals surface area contributed by atoms with Crippen molar-refractivity contribution in [1.29, 1.82) is 0 Å². The van der Waals surface area contributed by atoms with Crippen LogP contribution in [0.4, 0.5) is 0 Å². The highest BCUT2D eigenvalue weighted by Gasteiger charge is 2.41. The van der Waals surface area contributed by atoms with Crippen LogP contribution in [0.3, 0.4) is 0 Å². The van der Waals surface area contributed by atoms with Gasteiger partial charge in [0.1, 0.15) is 23.6 Å². The van der Waals surface area contributed by atoms with E-state index in [2.05, 4.69) is 5.32 Å². The molecule has 1 aliphatic carbocycles. The molecule has 1 aromatic rings. The molecule has 6 heteroatoms. The monoisotopic (exact) mass is 347 g/mol. The Bertz CT molecular complexity index is 649. The summed E-state index contributed by atoms with van der Waals surface area (Å²) in [7, 11) is 1.60. The van der Waals surface area contributed by atoms with E-state index in [4.69, 9.17) is 9.47 Å². The molecule has 1 atom stereocenters. The Morgan fingerprint density at radius 1 is 1.24 bits per heavy atom. The van der Waals surface area contributed by atoms with Crippen molar-refractivity contribution in [3.63, 3.8) is 0 Å². The molecule has 0 bridgehead atoms. The Morgan fingerprint density at radius 3 is 2.60 bits per heavy atom. The van der Waals surface area contributed by atoms with Gasteiger partial charge in [0.15, 0.2) is 0 Å². The van der Waals surface area contributed by atoms with Gasteiger partial charge in [0.05, 0.1) is 13.0 Å². The number of amides is 1. The Hall–Kier alpha value is -2.24. The van der Waals surface area contributed by atoms with Crippen LogP contribution in [0.25, 0.3) is 0 Å². The Labute approximate surface area is 147 Å². The molecule has 0 spiro atoms. The average Bonchev–Trinajstić information content (AvgIpc) is 2.87. The highest BCUT2D eigenvalue weighted by Crippen LogP contribution is 2.32. The van der Waals surface area contributed by atoms with Gasteiger partial charge in [-0.25, -0.2) is 4.79 Å². The number of fused-ring (bicyclic) bond motifs is 1. The lowest BCUT2D eigenvalue weighted by atomic mass is 9.88. The molecule has 0 aromatic heterocycles. The lowest BCUT2D eigenvalue weighted by Crippen LogP contribution is -2.56. The number of nitrogens with one attached hydrogen (secondary N) is 1. The first kappa shape index (κ1) is 17.6. The first-order valence-electron chi connectivity index (χ1n) is 8.89. The first-order chi connectivity index (χ1) is 12.0. The lowest BCUT2D eigenvalue weighted by molar-refractivity contribution is -0.149. The van der Waals surface area contributed by atoms with Gasteiger partial charge in [-0.05, 0) is 43.0 Å². The molecule has 1 unspecified atom stereocenters. The summed E-state index contributed by atoms with van der Waals surface area (Å²) in [6.07, 6.45) is 5.20. The minimum Gasteiger partial charge on any atom is -0.497 e. The van der Waals surface area contributed by atoms with Crippen molar-refractivity contribution in [2.45, 2.75) is 50.5 Å². The molecular formula is C19H25NO5. The van der Waals surface area contributed by atoms with Gasteiger partial charge in [0.2, 0.25) is 5.91 Å². The summed E-state index contributed by atoms with van der Waals surface area (Å²) in [5.74, 6) is -0.0835. The molecule has 1 aromatic carbocycles. The fourth-order valence-electron chi connectivity index (χ4n) is 3.73. The summed E-state index contributed by atoms with van der Waals surface area (Å²) in [6.45, 7) is 0.265. The van der Waals surface area contributed by atoms with E-state index < -0.39 is 11.5 Å². The standard InChI is InChI=1S/C19H25NO5/c1-24-15-6-7-16-13(11-15)10-14(12-25-16)17(21)20-19(18(22)23)8-4-2-3-5-9-19/h6-7,11,14H,2-5,8-10,12H2,1H3,(H,20,21)(H,22,23). The summed E-state index contributed by atoms with van der Waals surface area (Å²) in [4.78, 5) is 24.6. The fourth-order valence-corrected chi connectivity index (χ4v) is 3.73. The van der Waals surface area contributed by atoms with Gasteiger partial charge in [-0.3, -0.25) is 4.79 Å². The largest absolute Gasteiger partial charge is 0.497 e. The lowest BCUT2D eigenvalue weighted by Gasteiger charge is -2.32. The van der Waals surface area contributed by atoms with Crippen LogP contribution in [0, 0.1) is 5.92 Å². The number of rotatable bonds is 4. The Morgan fingerprint density at radius 2 is 1.96 bits per heavy atom. The number of aliphatic carboxylic acids is 1. The van der Waals surface area contributed by atoms with Gasteiger partial charge < -0.3 is 19.9 Å². The maximum atomic E-state index is 12.8. The zero-order chi connectivity index (χ0) is 17.9. The quantitative estimate of drug-likeness (QED) is 0.818. The predicted molar refractivity (Wildman–Crippen MR) is 91.9 cm³/mol. The van der Waals surface area contributed by atoms with Gasteiger partial charge in [-0.1, -0.05) is 25.7 Å². The van der Waals surface area contributed by atoms with Crippen molar-refractivity contribution >= 4 is 11.9 Å². The number of hydrogen-bond donors (Lipinski definition) is 2. The summed E-state index contributed by atoms with van der Waals surface area (Å²) in [5.41, 5.74) is -0.224. The van der Waals surface area contributed by atoms with E-state index in [1.165, 1.54) is 0 Å². The molecule has 25 heavy (non-hydrogen) atoms. The van der Waals surface area contributed by atoms with Crippen molar-refractivity contribution in [2.24, 2.45) is 5.92 Å². The molecule has 1 amide bonds. The molecule has 136 valence electrons. The highest BCUT2D eigenvalue weighted by atomic mass is 16.5. The van der Waals surface area contributed by atoms with Crippen LogP contribution >= 0.6 is 0 Å². The van der Waals surface area contributed by atoms with Crippen LogP contribution in [0.2, 0.25) is 0 Å². The third-order valence-corrected chi connectivity index (χ3v) is 5.27. The summed E-state index contributed by atoms with van der Waals surface area (Å²) >= 11 is 0. The third-order valence-electron chi connectivity index (χ3n) is 5.27. The van der Waals surface area contributed by atoms with Crippen LogP contribution < -0.4 is 14.8 Å². The number of carboxylic acid groups (broad SMARTS) is 1. The van der Waals surface area contributed by atoms with Gasteiger partial charge in [-0.15, -0.1) is 0 Å². The number of hydrogen-bond acceptors (Lipinski definition) is 4. The van der Waals surface area contributed by atoms with Crippen LogP contribution in [0.1, 0.15) is 44.1 Å². The van der Waals surface area contributed by atoms with Crippen LogP contribution in [-0.4, -0.2) is 36.2 Å². The van der Waals surface area contributed by atoms with E-state index in [-0.39, 0.29) is 18.4 Å². The Kier molecular flexibility index (Phi) is 5.16. The number of ether oxygens (including phenoxy) is 2. The second-order valence-electron chi connectivity index (χ2n) is 6.98. The van der Waals surface area contributed by atoms with Crippen molar-refractivity contribution in [2.75, 3.05) is 13.7 Å². The Balaban J connectivity index is 1.73. The van der Waals surface area contributed by atoms with Crippen molar-refractivity contribution in [1.82, 2.24) is 5.32 Å². The molecule has 1 fully saturated rings. The molecule has 2 aliphatic rings. The van der Waals surface area contributed by atoms with Crippen molar-refractivity contribution in [3.05, 3.63) is 23.8 Å². The third kappa shape index (κ3) is 3.72. The van der Waals surface area contributed by atoms with Crippen molar-refractivity contribution < 1.29 is 24.2 Å². The van der Waals surface area contributed by atoms with Gasteiger partial charge in [-0.2, -0.15) is 0 Å². The fraction of sp³-hybridized carbons (Fsp3) is 0.579. The molecule has 3 rings (SSSR count). The second-order valence-corrected chi connectivity index (χ2v) is 6.98. The molecule has 0 saturated heterocycles. The molecule has 1 aliphatic heterocycles. The number of carboxylic acids is 1.